The summed E-state index contributed by atoms with van der Waals surface area (Å²) in [6.45, 7) is 4.91. The van der Waals surface area contributed by atoms with E-state index in [9.17, 15) is 9.90 Å². The summed E-state index contributed by atoms with van der Waals surface area (Å²) in [6, 6.07) is 21.4. The molecule has 0 saturated carbocycles. The highest BCUT2D eigenvalue weighted by Gasteiger charge is 2.39. The smallest absolute Gasteiger partial charge is 0.347 e. The van der Waals surface area contributed by atoms with Gasteiger partial charge >= 0.3 is 5.97 Å². The molecule has 6 nitrogen and oxygen atoms in total. The zero-order chi connectivity index (χ0) is 25.4. The fourth-order valence-electron chi connectivity index (χ4n) is 4.17. The normalized spacial score (nSPS) is 16.5. The van der Waals surface area contributed by atoms with Gasteiger partial charge in [0.1, 0.15) is 28.7 Å². The second-order valence-corrected chi connectivity index (χ2v) is 9.25. The van der Waals surface area contributed by atoms with E-state index in [1.807, 2.05) is 54.6 Å². The number of carboxylic acid groups (broad SMARTS) is 1. The van der Waals surface area contributed by atoms with Crippen molar-refractivity contribution in [2.45, 2.75) is 58.0 Å². The van der Waals surface area contributed by atoms with Gasteiger partial charge in [-0.3, -0.25) is 0 Å². The maximum absolute atomic E-state index is 11.5. The van der Waals surface area contributed by atoms with Crippen molar-refractivity contribution in [3.05, 3.63) is 77.9 Å². The second kappa shape index (κ2) is 11.8. The SMILES string of the molecule is CCCc1cc(Oc2ccccc2)ccc1OCCCCOc1ccc2c(c1)OC(C)(C(=O)O)CC2. The molecular weight excluding hydrogens is 456 g/mol. The van der Waals surface area contributed by atoms with Crippen molar-refractivity contribution in [3.8, 4) is 28.7 Å². The number of rotatable bonds is 12. The van der Waals surface area contributed by atoms with Gasteiger partial charge in [0, 0.05) is 12.5 Å². The van der Waals surface area contributed by atoms with Crippen molar-refractivity contribution < 1.29 is 28.8 Å². The van der Waals surface area contributed by atoms with Gasteiger partial charge in [-0.05, 0) is 80.1 Å². The van der Waals surface area contributed by atoms with E-state index in [1.165, 1.54) is 0 Å². The molecule has 0 fully saturated rings. The minimum Gasteiger partial charge on any atom is -0.493 e. The minimum absolute atomic E-state index is 0.457. The molecule has 0 amide bonds. The molecule has 0 saturated heterocycles. The van der Waals surface area contributed by atoms with E-state index >= 15 is 0 Å². The van der Waals surface area contributed by atoms with Crippen LogP contribution >= 0.6 is 0 Å². The van der Waals surface area contributed by atoms with Crippen molar-refractivity contribution in [3.63, 3.8) is 0 Å². The molecule has 1 aliphatic rings. The summed E-state index contributed by atoms with van der Waals surface area (Å²) in [5.41, 5.74) is 0.966. The molecule has 0 spiro atoms. The van der Waals surface area contributed by atoms with Crippen LogP contribution in [0.15, 0.2) is 66.7 Å². The summed E-state index contributed by atoms with van der Waals surface area (Å²) in [6.07, 6.45) is 4.77. The molecule has 4 rings (SSSR count). The van der Waals surface area contributed by atoms with Crippen molar-refractivity contribution in [2.24, 2.45) is 0 Å². The van der Waals surface area contributed by atoms with Gasteiger partial charge in [0.25, 0.3) is 0 Å². The quantitative estimate of drug-likeness (QED) is 0.280. The number of ether oxygens (including phenoxy) is 4. The number of hydrogen-bond acceptors (Lipinski definition) is 5. The van der Waals surface area contributed by atoms with Crippen LogP contribution in [0.1, 0.15) is 50.7 Å². The summed E-state index contributed by atoms with van der Waals surface area (Å²) < 4.78 is 23.7. The summed E-state index contributed by atoms with van der Waals surface area (Å²) >= 11 is 0. The monoisotopic (exact) mass is 490 g/mol. The van der Waals surface area contributed by atoms with Gasteiger partial charge in [-0.25, -0.2) is 4.79 Å². The third-order valence-corrected chi connectivity index (χ3v) is 6.29. The van der Waals surface area contributed by atoms with Crippen LogP contribution in [-0.2, 0) is 17.6 Å². The highest BCUT2D eigenvalue weighted by atomic mass is 16.5. The lowest BCUT2D eigenvalue weighted by molar-refractivity contribution is -0.155. The third kappa shape index (κ3) is 6.51. The van der Waals surface area contributed by atoms with Crippen LogP contribution in [0.5, 0.6) is 28.7 Å². The number of para-hydroxylation sites is 1. The van der Waals surface area contributed by atoms with Crippen LogP contribution in [0.4, 0.5) is 0 Å². The molecule has 1 aliphatic heterocycles. The van der Waals surface area contributed by atoms with Gasteiger partial charge in [-0.15, -0.1) is 0 Å². The molecule has 190 valence electrons. The van der Waals surface area contributed by atoms with Gasteiger partial charge in [0.15, 0.2) is 0 Å². The number of hydrogen-bond donors (Lipinski definition) is 1. The Morgan fingerprint density at radius 1 is 0.944 bits per heavy atom. The van der Waals surface area contributed by atoms with E-state index in [0.717, 1.165) is 54.1 Å². The number of carbonyl (C=O) groups is 1. The minimum atomic E-state index is -1.19. The predicted octanol–water partition coefficient (Wildman–Crippen LogP) is 6.84. The summed E-state index contributed by atoms with van der Waals surface area (Å²) in [5, 5.41) is 9.44. The van der Waals surface area contributed by atoms with E-state index in [4.69, 9.17) is 18.9 Å². The molecule has 1 unspecified atom stereocenters. The lowest BCUT2D eigenvalue weighted by Crippen LogP contribution is -2.44. The number of carboxylic acids is 1. The lowest BCUT2D eigenvalue weighted by atomic mass is 9.93. The van der Waals surface area contributed by atoms with Crippen LogP contribution < -0.4 is 18.9 Å². The summed E-state index contributed by atoms with van der Waals surface area (Å²) in [7, 11) is 0. The topological polar surface area (TPSA) is 74.2 Å². The van der Waals surface area contributed by atoms with Crippen molar-refractivity contribution in [1.29, 1.82) is 0 Å². The largest absolute Gasteiger partial charge is 0.493 e. The van der Waals surface area contributed by atoms with E-state index in [1.54, 1.807) is 13.0 Å². The van der Waals surface area contributed by atoms with Crippen molar-refractivity contribution in [2.75, 3.05) is 13.2 Å². The Bertz CT molecular complexity index is 1160. The van der Waals surface area contributed by atoms with Crippen LogP contribution in [-0.4, -0.2) is 29.9 Å². The molecule has 36 heavy (non-hydrogen) atoms. The average Bonchev–Trinajstić information content (AvgIpc) is 2.87. The third-order valence-electron chi connectivity index (χ3n) is 6.29. The molecule has 1 atom stereocenters. The second-order valence-electron chi connectivity index (χ2n) is 9.25. The molecule has 0 bridgehead atoms. The van der Waals surface area contributed by atoms with Crippen LogP contribution in [0.25, 0.3) is 0 Å². The Balaban J connectivity index is 1.24. The maximum Gasteiger partial charge on any atom is 0.347 e. The van der Waals surface area contributed by atoms with Gasteiger partial charge in [0.2, 0.25) is 5.60 Å². The standard InChI is InChI=1S/C30H34O6/c1-3-9-23-20-26(35-24-10-5-4-6-11-24)14-15-27(23)34-19-8-7-18-33-25-13-12-22-16-17-30(2,29(31)32)36-28(22)21-25/h4-6,10-15,20-21H,3,7-9,16-19H2,1-2H3,(H,31,32). The highest BCUT2D eigenvalue weighted by molar-refractivity contribution is 5.78. The zero-order valence-corrected chi connectivity index (χ0v) is 21.0. The van der Waals surface area contributed by atoms with Gasteiger partial charge in [-0.1, -0.05) is 37.6 Å². The van der Waals surface area contributed by atoms with Crippen LogP contribution in [0, 0.1) is 0 Å². The van der Waals surface area contributed by atoms with Crippen molar-refractivity contribution in [1.82, 2.24) is 0 Å². The molecule has 0 aliphatic carbocycles. The van der Waals surface area contributed by atoms with Crippen molar-refractivity contribution >= 4 is 5.97 Å². The Kier molecular flexibility index (Phi) is 8.36. The first-order valence-corrected chi connectivity index (χ1v) is 12.6. The fourth-order valence-corrected chi connectivity index (χ4v) is 4.17. The fraction of sp³-hybridized carbons (Fsp3) is 0.367. The molecule has 6 heteroatoms. The molecule has 3 aromatic carbocycles. The summed E-state index contributed by atoms with van der Waals surface area (Å²) in [4.78, 5) is 11.5. The van der Waals surface area contributed by atoms with E-state index < -0.39 is 11.6 Å². The number of aliphatic carboxylic acids is 1. The first kappa shape index (κ1) is 25.4. The van der Waals surface area contributed by atoms with E-state index in [2.05, 4.69) is 13.0 Å². The Morgan fingerprint density at radius 2 is 1.69 bits per heavy atom. The molecular formula is C30H34O6. The first-order chi connectivity index (χ1) is 17.5. The van der Waals surface area contributed by atoms with Crippen LogP contribution in [0.2, 0.25) is 0 Å². The summed E-state index contributed by atoms with van der Waals surface area (Å²) in [5.74, 6) is 2.85. The number of benzene rings is 3. The molecule has 1 heterocycles. The molecule has 3 aromatic rings. The number of aryl methyl sites for hydroxylation is 2. The van der Waals surface area contributed by atoms with Crippen LogP contribution in [0.3, 0.4) is 0 Å². The average molecular weight is 491 g/mol. The van der Waals surface area contributed by atoms with Gasteiger partial charge in [-0.2, -0.15) is 0 Å². The Labute approximate surface area is 212 Å². The van der Waals surface area contributed by atoms with Gasteiger partial charge < -0.3 is 24.1 Å². The number of unbranched alkanes of at least 4 members (excludes halogenated alkanes) is 1. The maximum atomic E-state index is 11.5. The molecule has 1 N–H and O–H groups in total. The Morgan fingerprint density at radius 3 is 2.44 bits per heavy atom. The molecule has 0 aromatic heterocycles. The predicted molar refractivity (Wildman–Crippen MR) is 139 cm³/mol. The first-order valence-electron chi connectivity index (χ1n) is 12.6. The van der Waals surface area contributed by atoms with E-state index in [0.29, 0.717) is 37.6 Å². The number of fused-ring (bicyclic) bond motifs is 1. The zero-order valence-electron chi connectivity index (χ0n) is 21.0. The lowest BCUT2D eigenvalue weighted by Gasteiger charge is -2.32. The highest BCUT2D eigenvalue weighted by Crippen LogP contribution is 2.36. The van der Waals surface area contributed by atoms with Gasteiger partial charge in [0.05, 0.1) is 13.2 Å². The van der Waals surface area contributed by atoms with E-state index in [-0.39, 0.29) is 0 Å². The molecule has 0 radical (unpaired) electrons. The Hall–Kier alpha value is -3.67.